The number of halogens is 3. The Morgan fingerprint density at radius 2 is 1.89 bits per heavy atom. The highest BCUT2D eigenvalue weighted by Crippen LogP contribution is 2.34. The molecule has 2 aromatic heterocycles. The summed E-state index contributed by atoms with van der Waals surface area (Å²) in [6.45, 7) is 0. The molecule has 0 spiro atoms. The van der Waals surface area contributed by atoms with Gasteiger partial charge < -0.3 is 4.42 Å². The van der Waals surface area contributed by atoms with Crippen molar-refractivity contribution in [3.05, 3.63) is 52.5 Å². The second kappa shape index (κ2) is 3.81. The van der Waals surface area contributed by atoms with Crippen LogP contribution >= 0.6 is 0 Å². The van der Waals surface area contributed by atoms with Crippen molar-refractivity contribution in [2.24, 2.45) is 0 Å². The summed E-state index contributed by atoms with van der Waals surface area (Å²) in [5, 5.41) is -0.345. The molecule has 96 valence electrons. The van der Waals surface area contributed by atoms with Gasteiger partial charge in [-0.05, 0) is 18.2 Å². The molecule has 0 aliphatic heterocycles. The smallest absolute Gasteiger partial charge is 0.417 e. The van der Waals surface area contributed by atoms with E-state index in [-0.39, 0.29) is 16.5 Å². The lowest BCUT2D eigenvalue weighted by Crippen LogP contribution is -2.12. The van der Waals surface area contributed by atoms with E-state index >= 15 is 0 Å². The number of rotatable bonds is 0. The van der Waals surface area contributed by atoms with Gasteiger partial charge in [0, 0.05) is 11.6 Å². The van der Waals surface area contributed by atoms with Gasteiger partial charge in [0.05, 0.1) is 10.9 Å². The second-order valence-corrected chi connectivity index (χ2v) is 3.97. The van der Waals surface area contributed by atoms with Gasteiger partial charge in [-0.3, -0.25) is 4.98 Å². The third kappa shape index (κ3) is 1.76. The van der Waals surface area contributed by atoms with Crippen LogP contribution in [0, 0.1) is 0 Å². The van der Waals surface area contributed by atoms with Crippen LogP contribution in [0.15, 0.2) is 45.7 Å². The lowest BCUT2D eigenvalue weighted by molar-refractivity contribution is -0.136. The molecular formula is C13H6F3NO2. The zero-order valence-electron chi connectivity index (χ0n) is 9.36. The van der Waals surface area contributed by atoms with Crippen LogP contribution in [-0.4, -0.2) is 4.98 Å². The minimum Gasteiger partial charge on any atom is -0.421 e. The highest BCUT2D eigenvalue weighted by Gasteiger charge is 2.34. The van der Waals surface area contributed by atoms with Crippen LogP contribution in [0.2, 0.25) is 0 Å². The molecule has 3 rings (SSSR count). The first-order chi connectivity index (χ1) is 8.98. The Kier molecular flexibility index (Phi) is 2.35. The van der Waals surface area contributed by atoms with Crippen molar-refractivity contribution >= 4 is 21.9 Å². The first kappa shape index (κ1) is 11.7. The molecule has 0 aliphatic rings. The molecule has 0 fully saturated rings. The quantitative estimate of drug-likeness (QED) is 0.585. The van der Waals surface area contributed by atoms with E-state index in [1.165, 1.54) is 24.4 Å². The van der Waals surface area contributed by atoms with E-state index in [1.807, 2.05) is 0 Å². The van der Waals surface area contributed by atoms with Crippen LogP contribution in [0.4, 0.5) is 13.2 Å². The van der Waals surface area contributed by atoms with Crippen LogP contribution in [0.1, 0.15) is 5.56 Å². The average Bonchev–Trinajstić information content (AvgIpc) is 2.37. The van der Waals surface area contributed by atoms with Gasteiger partial charge in [-0.1, -0.05) is 12.1 Å². The molecule has 0 saturated carbocycles. The summed E-state index contributed by atoms with van der Waals surface area (Å²) in [6.07, 6.45) is -3.18. The van der Waals surface area contributed by atoms with Crippen molar-refractivity contribution in [3.63, 3.8) is 0 Å². The van der Waals surface area contributed by atoms with Crippen molar-refractivity contribution in [3.8, 4) is 0 Å². The van der Waals surface area contributed by atoms with E-state index in [2.05, 4.69) is 4.98 Å². The number of benzene rings is 1. The predicted octanol–water partition coefficient (Wildman–Crippen LogP) is 3.36. The van der Waals surface area contributed by atoms with Gasteiger partial charge in [0.25, 0.3) is 0 Å². The van der Waals surface area contributed by atoms with Gasteiger partial charge in [-0.15, -0.1) is 0 Å². The summed E-state index contributed by atoms with van der Waals surface area (Å²) >= 11 is 0. The topological polar surface area (TPSA) is 43.1 Å². The molecule has 3 aromatic rings. The third-order valence-electron chi connectivity index (χ3n) is 2.80. The minimum atomic E-state index is -4.61. The van der Waals surface area contributed by atoms with Gasteiger partial charge in [-0.25, -0.2) is 4.79 Å². The van der Waals surface area contributed by atoms with Crippen LogP contribution in [-0.2, 0) is 6.18 Å². The lowest BCUT2D eigenvalue weighted by Gasteiger charge is -2.09. The first-order valence-corrected chi connectivity index (χ1v) is 5.36. The fraction of sp³-hybridized carbons (Fsp3) is 0.0769. The number of hydrogen-bond acceptors (Lipinski definition) is 3. The normalized spacial score (nSPS) is 12.2. The molecule has 3 nitrogen and oxygen atoms in total. The van der Waals surface area contributed by atoms with E-state index < -0.39 is 22.8 Å². The van der Waals surface area contributed by atoms with Crippen molar-refractivity contribution in [2.45, 2.75) is 6.18 Å². The largest absolute Gasteiger partial charge is 0.421 e. The summed E-state index contributed by atoms with van der Waals surface area (Å²) in [6, 6.07) is 6.57. The molecule has 19 heavy (non-hydrogen) atoms. The highest BCUT2D eigenvalue weighted by molar-refractivity contribution is 6.03. The Morgan fingerprint density at radius 3 is 2.63 bits per heavy atom. The maximum absolute atomic E-state index is 12.9. The van der Waals surface area contributed by atoms with Crippen molar-refractivity contribution in [1.29, 1.82) is 0 Å². The molecule has 0 amide bonds. The Balaban J connectivity index is 2.59. The van der Waals surface area contributed by atoms with Gasteiger partial charge >= 0.3 is 11.8 Å². The SMILES string of the molecule is O=c1oc2cccnc2c2cccc(C(F)(F)F)c12. The van der Waals surface area contributed by atoms with Crippen molar-refractivity contribution < 1.29 is 17.6 Å². The molecule has 0 aliphatic carbocycles. The van der Waals surface area contributed by atoms with Crippen molar-refractivity contribution in [1.82, 2.24) is 4.98 Å². The van der Waals surface area contributed by atoms with E-state index in [4.69, 9.17) is 4.42 Å². The zero-order valence-corrected chi connectivity index (χ0v) is 9.36. The lowest BCUT2D eigenvalue weighted by atomic mass is 10.1. The summed E-state index contributed by atoms with van der Waals surface area (Å²) in [7, 11) is 0. The molecule has 0 radical (unpaired) electrons. The molecule has 0 bridgehead atoms. The van der Waals surface area contributed by atoms with Gasteiger partial charge in [0.2, 0.25) is 0 Å². The number of fused-ring (bicyclic) bond motifs is 3. The predicted molar refractivity (Wildman–Crippen MR) is 62.8 cm³/mol. The molecule has 0 saturated heterocycles. The van der Waals surface area contributed by atoms with Crippen LogP contribution in [0.5, 0.6) is 0 Å². The van der Waals surface area contributed by atoms with E-state index in [0.29, 0.717) is 0 Å². The number of alkyl halides is 3. The van der Waals surface area contributed by atoms with E-state index in [1.54, 1.807) is 6.07 Å². The standard InChI is InChI=1S/C13H6F3NO2/c14-13(15,16)8-4-1-3-7-10(8)12(18)19-9-5-2-6-17-11(7)9/h1-6H. The third-order valence-corrected chi connectivity index (χ3v) is 2.80. The summed E-state index contributed by atoms with van der Waals surface area (Å²) < 4.78 is 43.6. The number of aromatic nitrogens is 1. The summed E-state index contributed by atoms with van der Waals surface area (Å²) in [5.41, 5.74) is -1.61. The Hall–Kier alpha value is -2.37. The van der Waals surface area contributed by atoms with Crippen LogP contribution < -0.4 is 5.63 Å². The Bertz CT molecular complexity index is 837. The van der Waals surface area contributed by atoms with Gasteiger partial charge in [0.1, 0.15) is 5.52 Å². The fourth-order valence-corrected chi connectivity index (χ4v) is 2.03. The van der Waals surface area contributed by atoms with Crippen LogP contribution in [0.3, 0.4) is 0 Å². The molecule has 2 heterocycles. The second-order valence-electron chi connectivity index (χ2n) is 3.97. The first-order valence-electron chi connectivity index (χ1n) is 5.36. The summed E-state index contributed by atoms with van der Waals surface area (Å²) in [5.74, 6) is 0. The Morgan fingerprint density at radius 1 is 1.11 bits per heavy atom. The molecule has 0 unspecified atom stereocenters. The molecule has 6 heteroatoms. The molecule has 0 atom stereocenters. The molecule has 1 aromatic carbocycles. The van der Waals surface area contributed by atoms with Gasteiger partial charge in [0.15, 0.2) is 5.58 Å². The highest BCUT2D eigenvalue weighted by atomic mass is 19.4. The van der Waals surface area contributed by atoms with Crippen molar-refractivity contribution in [2.75, 3.05) is 0 Å². The average molecular weight is 265 g/mol. The maximum atomic E-state index is 12.9. The van der Waals surface area contributed by atoms with Crippen LogP contribution in [0.25, 0.3) is 21.9 Å². The zero-order chi connectivity index (χ0) is 13.6. The summed E-state index contributed by atoms with van der Waals surface area (Å²) in [4.78, 5) is 15.7. The number of hydrogen-bond donors (Lipinski definition) is 0. The maximum Gasteiger partial charge on any atom is 0.417 e. The number of nitrogens with zero attached hydrogens (tertiary/aromatic N) is 1. The molecule has 0 N–H and O–H groups in total. The monoisotopic (exact) mass is 265 g/mol. The fourth-order valence-electron chi connectivity index (χ4n) is 2.03. The van der Waals surface area contributed by atoms with E-state index in [9.17, 15) is 18.0 Å². The van der Waals surface area contributed by atoms with Gasteiger partial charge in [-0.2, -0.15) is 13.2 Å². The van der Waals surface area contributed by atoms with E-state index in [0.717, 1.165) is 6.07 Å². The minimum absolute atomic E-state index is 0.140. The Labute approximate surface area is 104 Å². The molecular weight excluding hydrogens is 259 g/mol. The number of pyridine rings is 1.